The van der Waals surface area contributed by atoms with Crippen LogP contribution >= 0.6 is 0 Å². The number of aryl methyl sites for hydroxylation is 2. The highest BCUT2D eigenvalue weighted by Crippen LogP contribution is 2.19. The van der Waals surface area contributed by atoms with Crippen LogP contribution in [0, 0.1) is 13.8 Å². The first kappa shape index (κ1) is 18.1. The normalized spacial score (nSPS) is 11.5. The van der Waals surface area contributed by atoms with Crippen molar-refractivity contribution in [2.75, 3.05) is 18.4 Å². The maximum Gasteiger partial charge on any atom is 0.240 e. The van der Waals surface area contributed by atoms with Gasteiger partial charge in [-0.2, -0.15) is 5.10 Å². The van der Waals surface area contributed by atoms with Gasteiger partial charge in [-0.25, -0.2) is 17.8 Å². The number of pyridine rings is 1. The zero-order chi connectivity index (χ0) is 18.6. The molecule has 0 aliphatic heterocycles. The van der Waals surface area contributed by atoms with Crippen molar-refractivity contribution in [3.8, 4) is 5.69 Å². The van der Waals surface area contributed by atoms with E-state index in [9.17, 15) is 8.42 Å². The fourth-order valence-electron chi connectivity index (χ4n) is 2.57. The van der Waals surface area contributed by atoms with E-state index in [1.807, 2.05) is 19.1 Å². The summed E-state index contributed by atoms with van der Waals surface area (Å²) in [5.74, 6) is 0. The Labute approximate surface area is 153 Å². The number of anilines is 1. The molecule has 3 rings (SSSR count). The second kappa shape index (κ2) is 7.67. The molecule has 7 nitrogen and oxygen atoms in total. The van der Waals surface area contributed by atoms with Gasteiger partial charge >= 0.3 is 0 Å². The lowest BCUT2D eigenvalue weighted by Gasteiger charge is -2.13. The van der Waals surface area contributed by atoms with Gasteiger partial charge in [-0.15, -0.1) is 0 Å². The van der Waals surface area contributed by atoms with Gasteiger partial charge in [0, 0.05) is 43.6 Å². The Morgan fingerprint density at radius 3 is 2.65 bits per heavy atom. The van der Waals surface area contributed by atoms with Gasteiger partial charge in [-0.3, -0.25) is 4.98 Å². The zero-order valence-electron chi connectivity index (χ0n) is 14.7. The molecule has 0 aliphatic rings. The molecule has 0 saturated carbocycles. The highest BCUT2D eigenvalue weighted by Gasteiger charge is 2.17. The number of aromatic nitrogens is 3. The van der Waals surface area contributed by atoms with Crippen molar-refractivity contribution >= 4 is 15.7 Å². The van der Waals surface area contributed by atoms with Gasteiger partial charge < -0.3 is 5.32 Å². The Hall–Kier alpha value is -2.71. The highest BCUT2D eigenvalue weighted by atomic mass is 32.2. The average molecular weight is 371 g/mol. The van der Waals surface area contributed by atoms with Crippen LogP contribution in [0.1, 0.15) is 11.1 Å². The predicted molar refractivity (Wildman–Crippen MR) is 101 cm³/mol. The van der Waals surface area contributed by atoms with Gasteiger partial charge in [0.1, 0.15) is 0 Å². The van der Waals surface area contributed by atoms with Crippen LogP contribution in [0.4, 0.5) is 5.69 Å². The molecular formula is C18H21N5O2S. The summed E-state index contributed by atoms with van der Waals surface area (Å²) in [7, 11) is -3.61. The van der Waals surface area contributed by atoms with Crippen molar-refractivity contribution in [3.05, 3.63) is 66.2 Å². The van der Waals surface area contributed by atoms with Crippen LogP contribution in [-0.2, 0) is 10.0 Å². The standard InChI is InChI=1S/C18H21N5O2S/c1-14-4-5-16(23-11-3-7-21-23)12-18(14)26(24,25)22-10-9-20-17-6-8-19-13-15(17)2/h3-8,11-13,22H,9-10H2,1-2H3,(H,19,20). The van der Waals surface area contributed by atoms with Gasteiger partial charge in [-0.1, -0.05) is 6.07 Å². The molecule has 136 valence electrons. The second-order valence-corrected chi connectivity index (χ2v) is 7.65. The number of sulfonamides is 1. The molecule has 1 aromatic carbocycles. The molecule has 2 heterocycles. The predicted octanol–water partition coefficient (Wildman–Crippen LogP) is 2.27. The van der Waals surface area contributed by atoms with E-state index in [-0.39, 0.29) is 11.4 Å². The number of hydrogen-bond acceptors (Lipinski definition) is 5. The van der Waals surface area contributed by atoms with Crippen LogP contribution in [-0.4, -0.2) is 36.3 Å². The summed E-state index contributed by atoms with van der Waals surface area (Å²) in [5.41, 5.74) is 3.34. The fourth-order valence-corrected chi connectivity index (χ4v) is 3.87. The third-order valence-corrected chi connectivity index (χ3v) is 5.59. The van der Waals surface area contributed by atoms with E-state index in [1.165, 1.54) is 0 Å². The SMILES string of the molecule is Cc1cnccc1NCCNS(=O)(=O)c1cc(-n2cccn2)ccc1C. The molecule has 26 heavy (non-hydrogen) atoms. The molecule has 8 heteroatoms. The van der Waals surface area contributed by atoms with E-state index in [2.05, 4.69) is 20.1 Å². The number of benzene rings is 1. The smallest absolute Gasteiger partial charge is 0.240 e. The van der Waals surface area contributed by atoms with Crippen molar-refractivity contribution in [2.24, 2.45) is 0 Å². The lowest BCUT2D eigenvalue weighted by atomic mass is 10.2. The summed E-state index contributed by atoms with van der Waals surface area (Å²) in [6, 6.07) is 8.91. The lowest BCUT2D eigenvalue weighted by Crippen LogP contribution is -2.29. The summed E-state index contributed by atoms with van der Waals surface area (Å²) < 4.78 is 29.6. The molecular weight excluding hydrogens is 350 g/mol. The molecule has 0 saturated heterocycles. The maximum absolute atomic E-state index is 12.7. The molecule has 0 bridgehead atoms. The molecule has 0 unspecified atom stereocenters. The van der Waals surface area contributed by atoms with E-state index in [0.29, 0.717) is 17.8 Å². The monoisotopic (exact) mass is 371 g/mol. The molecule has 0 spiro atoms. The minimum atomic E-state index is -3.61. The summed E-state index contributed by atoms with van der Waals surface area (Å²) in [6.07, 6.45) is 6.88. The maximum atomic E-state index is 12.7. The van der Waals surface area contributed by atoms with E-state index in [4.69, 9.17) is 0 Å². The summed E-state index contributed by atoms with van der Waals surface area (Å²) in [4.78, 5) is 4.29. The molecule has 0 radical (unpaired) electrons. The first-order chi connectivity index (χ1) is 12.5. The Morgan fingerprint density at radius 2 is 1.92 bits per heavy atom. The van der Waals surface area contributed by atoms with Crippen LogP contribution in [0.25, 0.3) is 5.69 Å². The van der Waals surface area contributed by atoms with Crippen molar-refractivity contribution in [3.63, 3.8) is 0 Å². The van der Waals surface area contributed by atoms with E-state index < -0.39 is 10.0 Å². The summed E-state index contributed by atoms with van der Waals surface area (Å²) >= 11 is 0. The third-order valence-electron chi connectivity index (χ3n) is 3.98. The van der Waals surface area contributed by atoms with Crippen LogP contribution in [0.15, 0.2) is 60.0 Å². The van der Waals surface area contributed by atoms with E-state index in [1.54, 1.807) is 54.6 Å². The van der Waals surface area contributed by atoms with Crippen molar-refractivity contribution < 1.29 is 8.42 Å². The van der Waals surface area contributed by atoms with Crippen LogP contribution in [0.5, 0.6) is 0 Å². The van der Waals surface area contributed by atoms with Gasteiger partial charge in [-0.05, 0) is 49.2 Å². The third kappa shape index (κ3) is 4.09. The van der Waals surface area contributed by atoms with Crippen molar-refractivity contribution in [1.82, 2.24) is 19.5 Å². The van der Waals surface area contributed by atoms with E-state index >= 15 is 0 Å². The van der Waals surface area contributed by atoms with Crippen molar-refractivity contribution in [1.29, 1.82) is 0 Å². The molecule has 0 amide bonds. The van der Waals surface area contributed by atoms with Gasteiger partial charge in [0.05, 0.1) is 10.6 Å². The van der Waals surface area contributed by atoms with Crippen LogP contribution < -0.4 is 10.0 Å². The Bertz CT molecular complexity index is 985. The Morgan fingerprint density at radius 1 is 1.08 bits per heavy atom. The van der Waals surface area contributed by atoms with Crippen molar-refractivity contribution in [2.45, 2.75) is 18.7 Å². The largest absolute Gasteiger partial charge is 0.383 e. The number of nitrogens with zero attached hydrogens (tertiary/aromatic N) is 3. The first-order valence-electron chi connectivity index (χ1n) is 8.22. The van der Waals surface area contributed by atoms with E-state index in [0.717, 1.165) is 11.3 Å². The zero-order valence-corrected chi connectivity index (χ0v) is 15.5. The van der Waals surface area contributed by atoms with Crippen LogP contribution in [0.2, 0.25) is 0 Å². The van der Waals surface area contributed by atoms with Gasteiger partial charge in [0.15, 0.2) is 0 Å². The molecule has 0 atom stereocenters. The lowest BCUT2D eigenvalue weighted by molar-refractivity contribution is 0.582. The Kier molecular flexibility index (Phi) is 5.34. The number of rotatable bonds is 7. The molecule has 0 fully saturated rings. The fraction of sp³-hybridized carbons (Fsp3) is 0.222. The van der Waals surface area contributed by atoms with Gasteiger partial charge in [0.2, 0.25) is 10.0 Å². The number of nitrogens with one attached hydrogen (secondary N) is 2. The topological polar surface area (TPSA) is 88.9 Å². The highest BCUT2D eigenvalue weighted by molar-refractivity contribution is 7.89. The molecule has 0 aliphatic carbocycles. The Balaban J connectivity index is 1.68. The number of hydrogen-bond donors (Lipinski definition) is 2. The molecule has 2 aromatic heterocycles. The summed E-state index contributed by atoms with van der Waals surface area (Å²) in [5, 5.41) is 7.35. The quantitative estimate of drug-likeness (QED) is 0.622. The van der Waals surface area contributed by atoms with Gasteiger partial charge in [0.25, 0.3) is 0 Å². The minimum absolute atomic E-state index is 0.255. The first-order valence-corrected chi connectivity index (χ1v) is 9.70. The second-order valence-electron chi connectivity index (χ2n) is 5.92. The minimum Gasteiger partial charge on any atom is -0.383 e. The van der Waals surface area contributed by atoms with Crippen LogP contribution in [0.3, 0.4) is 0 Å². The molecule has 3 aromatic rings. The average Bonchev–Trinajstić information content (AvgIpc) is 3.15. The summed E-state index contributed by atoms with van der Waals surface area (Å²) in [6.45, 7) is 4.47. The molecule has 2 N–H and O–H groups in total.